The molecule has 2 aliphatic heterocycles. The smallest absolute Gasteiger partial charge is 0.247 e. The van der Waals surface area contributed by atoms with Crippen molar-refractivity contribution in [3.8, 4) is 0 Å². The van der Waals surface area contributed by atoms with E-state index in [-0.39, 0.29) is 29.7 Å². The molecule has 2 N–H and O–H groups in total. The van der Waals surface area contributed by atoms with Crippen molar-refractivity contribution in [3.05, 3.63) is 60.2 Å². The number of rotatable bonds is 4. The summed E-state index contributed by atoms with van der Waals surface area (Å²) in [6.45, 7) is 5.55. The van der Waals surface area contributed by atoms with E-state index in [4.69, 9.17) is 0 Å². The van der Waals surface area contributed by atoms with Crippen LogP contribution in [-0.4, -0.2) is 42.9 Å². The zero-order valence-electron chi connectivity index (χ0n) is 17.1. The number of amides is 2. The molecular formula is C23H28N4O2. The van der Waals surface area contributed by atoms with Crippen molar-refractivity contribution in [2.45, 2.75) is 25.8 Å². The van der Waals surface area contributed by atoms with Crippen LogP contribution in [0.2, 0.25) is 0 Å². The highest BCUT2D eigenvalue weighted by molar-refractivity contribution is 5.99. The van der Waals surface area contributed by atoms with Crippen LogP contribution < -0.4 is 15.8 Å². The van der Waals surface area contributed by atoms with Crippen LogP contribution in [0.3, 0.4) is 0 Å². The number of hydrogen-bond donors (Lipinski definition) is 2. The van der Waals surface area contributed by atoms with Crippen molar-refractivity contribution in [1.82, 2.24) is 10.3 Å². The Labute approximate surface area is 171 Å². The summed E-state index contributed by atoms with van der Waals surface area (Å²) in [7, 11) is 1.96. The lowest BCUT2D eigenvalue weighted by atomic mass is 9.84. The summed E-state index contributed by atoms with van der Waals surface area (Å²) in [5.74, 6) is -0.148. The van der Waals surface area contributed by atoms with Crippen LogP contribution >= 0.6 is 0 Å². The summed E-state index contributed by atoms with van der Waals surface area (Å²) < 4.78 is 0. The lowest BCUT2D eigenvalue weighted by molar-refractivity contribution is -0.125. The molecule has 2 aromatic rings. The van der Waals surface area contributed by atoms with Gasteiger partial charge in [0, 0.05) is 18.8 Å². The number of hydrazine groups is 1. The number of likely N-dealkylation sites (tertiary alicyclic amines) is 1. The van der Waals surface area contributed by atoms with Gasteiger partial charge in [-0.25, -0.2) is 10.4 Å². The number of nitrogens with zero attached hydrogens (tertiary/aromatic N) is 2. The topological polar surface area (TPSA) is 64.7 Å². The molecule has 0 saturated carbocycles. The average Bonchev–Trinajstić information content (AvgIpc) is 3.05. The molecule has 4 rings (SSSR count). The fraction of sp³-hybridized carbons (Fsp3) is 0.391. The van der Waals surface area contributed by atoms with Gasteiger partial charge < -0.3 is 10.2 Å². The number of piperidine rings is 1. The molecule has 2 fully saturated rings. The number of anilines is 2. The van der Waals surface area contributed by atoms with E-state index in [0.29, 0.717) is 19.0 Å². The minimum atomic E-state index is -0.318. The number of nitrogens with one attached hydrogen (secondary N) is 2. The predicted octanol–water partition coefficient (Wildman–Crippen LogP) is 2.85. The molecule has 29 heavy (non-hydrogen) atoms. The van der Waals surface area contributed by atoms with Crippen LogP contribution in [0, 0.1) is 11.8 Å². The van der Waals surface area contributed by atoms with E-state index in [9.17, 15) is 9.59 Å². The monoisotopic (exact) mass is 392 g/mol. The van der Waals surface area contributed by atoms with Gasteiger partial charge >= 0.3 is 0 Å². The summed E-state index contributed by atoms with van der Waals surface area (Å²) in [5.41, 5.74) is 6.14. The Hall–Kier alpha value is -2.70. The largest absolute Gasteiger partial charge is 0.326 e. The van der Waals surface area contributed by atoms with Crippen molar-refractivity contribution in [3.63, 3.8) is 0 Å². The number of benzene rings is 2. The third-order valence-electron chi connectivity index (χ3n) is 5.90. The maximum Gasteiger partial charge on any atom is 0.247 e. The molecule has 0 aromatic heterocycles. The van der Waals surface area contributed by atoms with Crippen LogP contribution in [-0.2, 0) is 9.59 Å². The van der Waals surface area contributed by atoms with Gasteiger partial charge in [0.1, 0.15) is 0 Å². The zero-order valence-corrected chi connectivity index (χ0v) is 17.1. The molecule has 3 unspecified atom stereocenters. The molecule has 0 bridgehead atoms. The van der Waals surface area contributed by atoms with Gasteiger partial charge in [-0.05, 0) is 42.8 Å². The van der Waals surface area contributed by atoms with E-state index in [0.717, 1.165) is 11.4 Å². The van der Waals surface area contributed by atoms with Crippen LogP contribution in [0.1, 0.15) is 25.3 Å². The first-order valence-corrected chi connectivity index (χ1v) is 10.2. The van der Waals surface area contributed by atoms with Crippen LogP contribution in [0.15, 0.2) is 54.6 Å². The minimum Gasteiger partial charge on any atom is -0.326 e. The summed E-state index contributed by atoms with van der Waals surface area (Å²) in [4.78, 5) is 28.2. The Morgan fingerprint density at radius 1 is 1.07 bits per heavy atom. The Balaban J connectivity index is 1.52. The molecule has 2 amide bonds. The van der Waals surface area contributed by atoms with E-state index in [1.165, 1.54) is 5.56 Å². The van der Waals surface area contributed by atoms with Gasteiger partial charge in [-0.15, -0.1) is 0 Å². The van der Waals surface area contributed by atoms with Crippen molar-refractivity contribution >= 4 is 23.2 Å². The van der Waals surface area contributed by atoms with E-state index in [2.05, 4.69) is 29.5 Å². The second kappa shape index (κ2) is 7.97. The van der Waals surface area contributed by atoms with Crippen molar-refractivity contribution in [2.75, 3.05) is 30.5 Å². The normalized spacial score (nSPS) is 24.6. The van der Waals surface area contributed by atoms with Crippen LogP contribution in [0.5, 0.6) is 0 Å². The van der Waals surface area contributed by atoms with Crippen molar-refractivity contribution in [2.24, 2.45) is 11.8 Å². The van der Waals surface area contributed by atoms with Gasteiger partial charge in [0.25, 0.3) is 0 Å². The fourth-order valence-corrected chi connectivity index (χ4v) is 4.25. The van der Waals surface area contributed by atoms with Crippen molar-refractivity contribution in [1.29, 1.82) is 0 Å². The molecule has 2 saturated heterocycles. The first-order chi connectivity index (χ1) is 13.9. The maximum atomic E-state index is 13.1. The van der Waals surface area contributed by atoms with Gasteiger partial charge in [0.05, 0.1) is 23.6 Å². The quantitative estimate of drug-likeness (QED) is 0.840. The highest BCUT2D eigenvalue weighted by atomic mass is 16.2. The third-order valence-corrected chi connectivity index (χ3v) is 5.90. The molecule has 6 nitrogen and oxygen atoms in total. The summed E-state index contributed by atoms with van der Waals surface area (Å²) in [6.07, 6.45) is 0. The summed E-state index contributed by atoms with van der Waals surface area (Å²) >= 11 is 0. The number of carbonyl (C=O) groups excluding carboxylic acids is 2. The van der Waals surface area contributed by atoms with Gasteiger partial charge in [-0.3, -0.25) is 9.59 Å². The molecule has 0 spiro atoms. The molecule has 3 atom stereocenters. The first kappa shape index (κ1) is 19.6. The van der Waals surface area contributed by atoms with E-state index in [1.807, 2.05) is 61.6 Å². The molecular weight excluding hydrogens is 364 g/mol. The third kappa shape index (κ3) is 3.91. The first-order valence-electron chi connectivity index (χ1n) is 10.2. The minimum absolute atomic E-state index is 0.0202. The SMILES string of the molecule is CC(C)c1ccc(NC(=O)C2CN(C)CC3C(=O)N(c4ccccc4)NC23)cc1. The zero-order chi connectivity index (χ0) is 20.5. The Bertz CT molecular complexity index is 882. The Kier molecular flexibility index (Phi) is 5.39. The molecule has 152 valence electrons. The summed E-state index contributed by atoms with van der Waals surface area (Å²) in [5, 5.41) is 4.65. The predicted molar refractivity (Wildman–Crippen MR) is 114 cm³/mol. The Morgan fingerprint density at radius 3 is 2.41 bits per heavy atom. The van der Waals surface area contributed by atoms with Crippen molar-refractivity contribution < 1.29 is 9.59 Å². The maximum absolute atomic E-state index is 13.1. The second-order valence-electron chi connectivity index (χ2n) is 8.36. The van der Waals surface area contributed by atoms with Gasteiger partial charge in [-0.1, -0.05) is 44.2 Å². The molecule has 6 heteroatoms. The van der Waals surface area contributed by atoms with E-state index in [1.54, 1.807) is 5.01 Å². The summed E-state index contributed by atoms with van der Waals surface area (Å²) in [6, 6.07) is 17.3. The van der Waals surface area contributed by atoms with Gasteiger partial charge in [0.15, 0.2) is 0 Å². The standard InChI is InChI=1S/C23H28N4O2/c1-15(2)16-9-11-17(12-10-16)24-22(28)19-13-26(3)14-20-21(19)25-27(23(20)29)18-7-5-4-6-8-18/h4-12,15,19-21,25H,13-14H2,1-3H3,(H,24,28). The van der Waals surface area contributed by atoms with Crippen LogP contribution in [0.25, 0.3) is 0 Å². The molecule has 0 radical (unpaired) electrons. The van der Waals surface area contributed by atoms with E-state index >= 15 is 0 Å². The number of hydrogen-bond acceptors (Lipinski definition) is 4. The van der Waals surface area contributed by atoms with Gasteiger partial charge in [0.2, 0.25) is 11.8 Å². The lowest BCUT2D eigenvalue weighted by Gasteiger charge is -2.36. The molecule has 0 aliphatic carbocycles. The van der Waals surface area contributed by atoms with Gasteiger partial charge in [-0.2, -0.15) is 0 Å². The van der Waals surface area contributed by atoms with E-state index < -0.39 is 0 Å². The van der Waals surface area contributed by atoms with Crippen LogP contribution in [0.4, 0.5) is 11.4 Å². The molecule has 2 aromatic carbocycles. The number of fused-ring (bicyclic) bond motifs is 1. The lowest BCUT2D eigenvalue weighted by Crippen LogP contribution is -2.55. The molecule has 2 aliphatic rings. The highest BCUT2D eigenvalue weighted by Crippen LogP contribution is 2.32. The average molecular weight is 393 g/mol. The second-order valence-corrected chi connectivity index (χ2v) is 8.36. The number of para-hydroxylation sites is 1. The highest BCUT2D eigenvalue weighted by Gasteiger charge is 2.50. The fourth-order valence-electron chi connectivity index (χ4n) is 4.25. The number of carbonyl (C=O) groups is 2. The Morgan fingerprint density at radius 2 is 1.76 bits per heavy atom. The molecule has 2 heterocycles.